The summed E-state index contributed by atoms with van der Waals surface area (Å²) < 4.78 is 0. The molecule has 0 atom stereocenters. The van der Waals surface area contributed by atoms with E-state index in [1.54, 1.807) is 0 Å². The summed E-state index contributed by atoms with van der Waals surface area (Å²) in [4.78, 5) is 0. The Morgan fingerprint density at radius 3 is 2.36 bits per heavy atom. The summed E-state index contributed by atoms with van der Waals surface area (Å²) in [7, 11) is 0. The van der Waals surface area contributed by atoms with Crippen molar-refractivity contribution in [2.75, 3.05) is 5.33 Å². The molecule has 0 aromatic heterocycles. The lowest BCUT2D eigenvalue weighted by atomic mass is 10.0. The molecule has 0 aliphatic carbocycles. The normalized spacial score (nSPS) is 11.4. The zero-order valence-corrected chi connectivity index (χ0v) is 10.4. The van der Waals surface area contributed by atoms with Crippen LogP contribution in [0.5, 0.6) is 0 Å². The minimum Gasteiger partial charge on any atom is -0.0925 e. The van der Waals surface area contributed by atoms with Gasteiger partial charge in [0.2, 0.25) is 0 Å². The summed E-state index contributed by atoms with van der Waals surface area (Å²) in [6.07, 6.45) is 5.45. The standard InChI is InChI=1S/C13H17Br/c1-11(2)13-8-6-12(7-9-13)5-3-4-10-14/h3,5-9,11H,4,10H2,1-2H3. The molecule has 0 unspecified atom stereocenters. The first kappa shape index (κ1) is 11.5. The van der Waals surface area contributed by atoms with Gasteiger partial charge in [-0.2, -0.15) is 0 Å². The minimum absolute atomic E-state index is 0.621. The van der Waals surface area contributed by atoms with Crippen LogP contribution >= 0.6 is 15.9 Å². The van der Waals surface area contributed by atoms with Gasteiger partial charge in [0.05, 0.1) is 0 Å². The summed E-state index contributed by atoms with van der Waals surface area (Å²) in [5.74, 6) is 0.621. The largest absolute Gasteiger partial charge is 0.0925 e. The molecule has 0 aliphatic heterocycles. The van der Waals surface area contributed by atoms with Crippen LogP contribution in [0.3, 0.4) is 0 Å². The predicted octanol–water partition coefficient (Wildman–Crippen LogP) is 4.61. The quantitative estimate of drug-likeness (QED) is 0.687. The first-order valence-electron chi connectivity index (χ1n) is 5.06. The lowest BCUT2D eigenvalue weighted by Crippen LogP contribution is -1.85. The Kier molecular flexibility index (Phi) is 4.95. The number of alkyl halides is 1. The lowest BCUT2D eigenvalue weighted by molar-refractivity contribution is 0.866. The molecule has 0 radical (unpaired) electrons. The van der Waals surface area contributed by atoms with Crippen molar-refractivity contribution in [2.45, 2.75) is 26.2 Å². The Morgan fingerprint density at radius 2 is 1.86 bits per heavy atom. The molecule has 0 bridgehead atoms. The van der Waals surface area contributed by atoms with Crippen molar-refractivity contribution in [3.63, 3.8) is 0 Å². The third-order valence-corrected chi connectivity index (χ3v) is 2.65. The monoisotopic (exact) mass is 252 g/mol. The van der Waals surface area contributed by atoms with Gasteiger partial charge < -0.3 is 0 Å². The van der Waals surface area contributed by atoms with Gasteiger partial charge >= 0.3 is 0 Å². The summed E-state index contributed by atoms with van der Waals surface area (Å²) in [5, 5.41) is 1.04. The van der Waals surface area contributed by atoms with Crippen molar-refractivity contribution in [3.8, 4) is 0 Å². The molecule has 0 nitrogen and oxygen atoms in total. The highest BCUT2D eigenvalue weighted by Gasteiger charge is 1.96. The maximum absolute atomic E-state index is 3.40. The van der Waals surface area contributed by atoms with Gasteiger partial charge in [-0.05, 0) is 23.5 Å². The molecule has 0 N–H and O–H groups in total. The lowest BCUT2D eigenvalue weighted by Gasteiger charge is -2.04. The summed E-state index contributed by atoms with van der Waals surface area (Å²) >= 11 is 3.40. The number of hydrogen-bond acceptors (Lipinski definition) is 0. The van der Waals surface area contributed by atoms with Gasteiger partial charge in [0.15, 0.2) is 0 Å². The number of benzene rings is 1. The second-order valence-electron chi connectivity index (χ2n) is 3.70. The molecule has 0 saturated carbocycles. The third-order valence-electron chi connectivity index (χ3n) is 2.19. The van der Waals surface area contributed by atoms with Crippen LogP contribution in [-0.2, 0) is 0 Å². The van der Waals surface area contributed by atoms with Crippen LogP contribution in [0.1, 0.15) is 37.3 Å². The SMILES string of the molecule is CC(C)c1ccc(C=CCCBr)cc1. The molecule has 76 valence electrons. The zero-order valence-electron chi connectivity index (χ0n) is 8.83. The predicted molar refractivity (Wildman–Crippen MR) is 68.0 cm³/mol. The summed E-state index contributed by atoms with van der Waals surface area (Å²) in [5.41, 5.74) is 2.69. The van der Waals surface area contributed by atoms with Crippen LogP contribution in [0, 0.1) is 0 Å². The van der Waals surface area contributed by atoms with Gasteiger partial charge in [0.1, 0.15) is 0 Å². The van der Waals surface area contributed by atoms with Crippen LogP contribution < -0.4 is 0 Å². The highest BCUT2D eigenvalue weighted by Crippen LogP contribution is 2.15. The number of hydrogen-bond donors (Lipinski definition) is 0. The molecule has 0 amide bonds. The van der Waals surface area contributed by atoms with Crippen LogP contribution in [0.2, 0.25) is 0 Å². The Labute approximate surface area is 95.2 Å². The highest BCUT2D eigenvalue weighted by molar-refractivity contribution is 9.09. The van der Waals surface area contributed by atoms with E-state index in [1.807, 2.05) is 0 Å². The van der Waals surface area contributed by atoms with Crippen LogP contribution in [0.15, 0.2) is 30.3 Å². The van der Waals surface area contributed by atoms with Crippen molar-refractivity contribution < 1.29 is 0 Å². The van der Waals surface area contributed by atoms with Gasteiger partial charge in [0, 0.05) is 5.33 Å². The van der Waals surface area contributed by atoms with E-state index in [9.17, 15) is 0 Å². The maximum Gasteiger partial charge on any atom is 0.00660 e. The molecule has 0 aliphatic rings. The number of halogens is 1. The van der Waals surface area contributed by atoms with Gasteiger partial charge in [-0.15, -0.1) is 0 Å². The fourth-order valence-corrected chi connectivity index (χ4v) is 1.54. The average Bonchev–Trinajstić information content (AvgIpc) is 2.19. The van der Waals surface area contributed by atoms with Crippen molar-refractivity contribution in [1.29, 1.82) is 0 Å². The minimum atomic E-state index is 0.621. The van der Waals surface area contributed by atoms with E-state index in [4.69, 9.17) is 0 Å². The molecule has 0 fully saturated rings. The van der Waals surface area contributed by atoms with E-state index in [0.717, 1.165) is 11.8 Å². The molecular formula is C13H17Br. The second kappa shape index (κ2) is 6.02. The van der Waals surface area contributed by atoms with Crippen molar-refractivity contribution >= 4 is 22.0 Å². The van der Waals surface area contributed by atoms with E-state index in [-0.39, 0.29) is 0 Å². The molecule has 0 saturated heterocycles. The van der Waals surface area contributed by atoms with Gasteiger partial charge in [-0.1, -0.05) is 66.2 Å². The summed E-state index contributed by atoms with van der Waals surface area (Å²) in [6, 6.07) is 8.77. The fraction of sp³-hybridized carbons (Fsp3) is 0.385. The molecular weight excluding hydrogens is 236 g/mol. The van der Waals surface area contributed by atoms with Crippen molar-refractivity contribution in [3.05, 3.63) is 41.5 Å². The first-order chi connectivity index (χ1) is 6.74. The zero-order chi connectivity index (χ0) is 10.4. The number of rotatable bonds is 4. The van der Waals surface area contributed by atoms with E-state index in [0.29, 0.717) is 5.92 Å². The van der Waals surface area contributed by atoms with Gasteiger partial charge in [-0.3, -0.25) is 0 Å². The topological polar surface area (TPSA) is 0 Å². The van der Waals surface area contributed by atoms with Crippen molar-refractivity contribution in [1.82, 2.24) is 0 Å². The van der Waals surface area contributed by atoms with Gasteiger partial charge in [-0.25, -0.2) is 0 Å². The van der Waals surface area contributed by atoms with Crippen LogP contribution in [-0.4, -0.2) is 5.33 Å². The fourth-order valence-electron chi connectivity index (χ4n) is 1.27. The molecule has 14 heavy (non-hydrogen) atoms. The second-order valence-corrected chi connectivity index (χ2v) is 4.49. The maximum atomic E-state index is 3.40. The number of allylic oxidation sites excluding steroid dienone is 1. The van der Waals surface area contributed by atoms with Crippen molar-refractivity contribution in [2.24, 2.45) is 0 Å². The molecule has 0 heterocycles. The molecule has 1 rings (SSSR count). The molecule has 1 aromatic rings. The van der Waals surface area contributed by atoms with E-state index >= 15 is 0 Å². The molecule has 1 heteroatoms. The Hall–Kier alpha value is -0.560. The van der Waals surface area contributed by atoms with Crippen LogP contribution in [0.4, 0.5) is 0 Å². The third kappa shape index (κ3) is 3.67. The Morgan fingerprint density at radius 1 is 1.21 bits per heavy atom. The highest BCUT2D eigenvalue weighted by atomic mass is 79.9. The van der Waals surface area contributed by atoms with E-state index < -0.39 is 0 Å². The molecule has 0 spiro atoms. The van der Waals surface area contributed by atoms with E-state index in [2.05, 4.69) is 66.2 Å². The van der Waals surface area contributed by atoms with Gasteiger partial charge in [0.25, 0.3) is 0 Å². The smallest absolute Gasteiger partial charge is 0.00660 e. The van der Waals surface area contributed by atoms with E-state index in [1.165, 1.54) is 11.1 Å². The Balaban J connectivity index is 2.64. The van der Waals surface area contributed by atoms with Crippen LogP contribution in [0.25, 0.3) is 6.08 Å². The molecule has 1 aromatic carbocycles. The summed E-state index contributed by atoms with van der Waals surface area (Å²) in [6.45, 7) is 4.44. The first-order valence-corrected chi connectivity index (χ1v) is 6.18. The Bertz CT molecular complexity index is 283. The average molecular weight is 253 g/mol.